The second kappa shape index (κ2) is 14.6. The zero-order valence-electron chi connectivity index (χ0n) is 27.6. The van der Waals surface area contributed by atoms with Gasteiger partial charge < -0.3 is 24.6 Å². The predicted octanol–water partition coefficient (Wildman–Crippen LogP) is 6.42. The molecule has 0 saturated carbocycles. The fraction of sp³-hybridized carbons (Fsp3) is 0.444. The molecule has 2 aromatic heterocycles. The first-order valence-corrected chi connectivity index (χ1v) is 16.7. The van der Waals surface area contributed by atoms with E-state index in [0.29, 0.717) is 28.9 Å². The van der Waals surface area contributed by atoms with E-state index in [2.05, 4.69) is 31.4 Å². The molecule has 0 fully saturated rings. The summed E-state index contributed by atoms with van der Waals surface area (Å²) in [5, 5.41) is 16.9. The summed E-state index contributed by atoms with van der Waals surface area (Å²) >= 11 is 1.41. The zero-order chi connectivity index (χ0) is 33.8. The largest absolute Gasteiger partial charge is 0.480 e. The van der Waals surface area contributed by atoms with E-state index >= 15 is 0 Å². The maximum atomic E-state index is 13.2. The molecule has 0 bridgehead atoms. The van der Waals surface area contributed by atoms with Gasteiger partial charge in [-0.05, 0) is 55.2 Å². The number of carbonyl (C=O) groups is 3. The molecule has 2 amide bonds. The Bertz CT molecular complexity index is 1780. The van der Waals surface area contributed by atoms with Gasteiger partial charge in [0.15, 0.2) is 0 Å². The summed E-state index contributed by atoms with van der Waals surface area (Å²) in [5.41, 5.74) is 4.46. The predicted molar refractivity (Wildman–Crippen MR) is 182 cm³/mol. The van der Waals surface area contributed by atoms with E-state index in [9.17, 15) is 24.3 Å². The number of aryl methyl sites for hydroxylation is 2. The lowest BCUT2D eigenvalue weighted by atomic mass is 9.86. The van der Waals surface area contributed by atoms with Crippen LogP contribution in [0.5, 0.6) is 0 Å². The van der Waals surface area contributed by atoms with Gasteiger partial charge in [-0.3, -0.25) is 9.59 Å². The summed E-state index contributed by atoms with van der Waals surface area (Å²) < 4.78 is 11.6. The number of carboxylic acid groups (broad SMARTS) is 1. The average molecular weight is 649 g/mol. The summed E-state index contributed by atoms with van der Waals surface area (Å²) in [4.78, 5) is 51.4. The SMILES string of the molecule is Cc1c(CCC(=O)N[C@@H](CC(C)C)C(=O)N[C@@H](CSCc2ccccc2)C(=O)O)c(=O)oc2c(C)c3occ(C(C)(C)C)c3cc12. The number of carbonyl (C=O) groups excluding carboxylic acids is 2. The summed E-state index contributed by atoms with van der Waals surface area (Å²) in [6, 6.07) is 9.63. The first kappa shape index (κ1) is 34.8. The van der Waals surface area contributed by atoms with Crippen LogP contribution in [0.2, 0.25) is 0 Å². The Morgan fingerprint density at radius 2 is 1.65 bits per heavy atom. The monoisotopic (exact) mass is 648 g/mol. The van der Waals surface area contributed by atoms with Crippen LogP contribution in [0, 0.1) is 19.8 Å². The number of nitrogens with one attached hydrogen (secondary N) is 2. The van der Waals surface area contributed by atoms with Gasteiger partial charge in [0.05, 0.1) is 6.26 Å². The Morgan fingerprint density at radius 1 is 0.957 bits per heavy atom. The number of hydrogen-bond donors (Lipinski definition) is 3. The molecule has 4 rings (SSSR count). The molecule has 3 N–H and O–H groups in total. The minimum atomic E-state index is -1.14. The first-order chi connectivity index (χ1) is 21.7. The standard InChI is InChI=1S/C36H44N2O7S/c1-20(2)15-28(33(40)38-29(34(41)42)19-46-18-23-11-9-8-10-12-23)37-30(39)14-13-24-21(3)25-16-26-27(36(5,6)7)17-44-31(26)22(4)32(25)45-35(24)43/h8-12,16-17,20,28-29H,13-15,18-19H2,1-7H3,(H,37,39)(H,38,40)(H,41,42)/t28-,29-/m0/s1. The van der Waals surface area contributed by atoms with Crippen LogP contribution in [0.15, 0.2) is 56.3 Å². The number of fused-ring (bicyclic) bond motifs is 2. The van der Waals surface area contributed by atoms with E-state index in [-0.39, 0.29) is 29.9 Å². The molecule has 0 spiro atoms. The third-order valence-electron chi connectivity index (χ3n) is 8.12. The second-order valence-corrected chi connectivity index (χ2v) is 14.3. The molecule has 0 radical (unpaired) electrons. The maximum Gasteiger partial charge on any atom is 0.339 e. The van der Waals surface area contributed by atoms with Crippen LogP contribution in [-0.4, -0.2) is 40.7 Å². The smallest absolute Gasteiger partial charge is 0.339 e. The van der Waals surface area contributed by atoms with Crippen LogP contribution in [0.25, 0.3) is 21.9 Å². The molecule has 2 atom stereocenters. The molecular weight excluding hydrogens is 604 g/mol. The van der Waals surface area contributed by atoms with E-state index in [1.807, 2.05) is 64.1 Å². The minimum Gasteiger partial charge on any atom is -0.480 e. The van der Waals surface area contributed by atoms with E-state index < -0.39 is 35.5 Å². The van der Waals surface area contributed by atoms with Crippen molar-refractivity contribution in [1.82, 2.24) is 10.6 Å². The van der Waals surface area contributed by atoms with Gasteiger partial charge in [0.2, 0.25) is 11.8 Å². The third-order valence-corrected chi connectivity index (χ3v) is 9.23. The Balaban J connectivity index is 1.47. The number of thioether (sulfide) groups is 1. The zero-order valence-corrected chi connectivity index (χ0v) is 28.4. The van der Waals surface area contributed by atoms with Gasteiger partial charge in [-0.1, -0.05) is 65.0 Å². The summed E-state index contributed by atoms with van der Waals surface area (Å²) in [6.07, 6.45) is 2.15. The summed E-state index contributed by atoms with van der Waals surface area (Å²) in [6.45, 7) is 13.9. The number of amides is 2. The number of rotatable bonds is 13. The highest BCUT2D eigenvalue weighted by Crippen LogP contribution is 2.37. The number of furan rings is 1. The average Bonchev–Trinajstić information content (AvgIpc) is 3.42. The van der Waals surface area contributed by atoms with Crippen LogP contribution in [0.3, 0.4) is 0 Å². The van der Waals surface area contributed by atoms with Crippen LogP contribution < -0.4 is 16.3 Å². The maximum absolute atomic E-state index is 13.2. The first-order valence-electron chi connectivity index (χ1n) is 15.6. The molecule has 0 aliphatic heterocycles. The van der Waals surface area contributed by atoms with Gasteiger partial charge >= 0.3 is 11.6 Å². The van der Waals surface area contributed by atoms with Crippen molar-refractivity contribution >= 4 is 51.5 Å². The highest BCUT2D eigenvalue weighted by atomic mass is 32.2. The summed E-state index contributed by atoms with van der Waals surface area (Å²) in [7, 11) is 0. The molecule has 4 aromatic rings. The van der Waals surface area contributed by atoms with Crippen molar-refractivity contribution in [1.29, 1.82) is 0 Å². The highest BCUT2D eigenvalue weighted by Gasteiger charge is 2.28. The normalized spacial score (nSPS) is 13.2. The van der Waals surface area contributed by atoms with Crippen molar-refractivity contribution in [3.8, 4) is 0 Å². The molecule has 10 heteroatoms. The Labute approximate surface area is 273 Å². The number of carboxylic acids is 1. The van der Waals surface area contributed by atoms with Crippen molar-refractivity contribution in [2.24, 2.45) is 5.92 Å². The van der Waals surface area contributed by atoms with Crippen molar-refractivity contribution in [2.45, 2.75) is 91.0 Å². The van der Waals surface area contributed by atoms with Crippen molar-refractivity contribution in [3.05, 3.63) is 80.9 Å². The molecule has 246 valence electrons. The lowest BCUT2D eigenvalue weighted by Gasteiger charge is -2.23. The van der Waals surface area contributed by atoms with Crippen LogP contribution in [0.1, 0.15) is 75.3 Å². The van der Waals surface area contributed by atoms with Gasteiger partial charge in [0, 0.05) is 45.4 Å². The fourth-order valence-electron chi connectivity index (χ4n) is 5.59. The summed E-state index contributed by atoms with van der Waals surface area (Å²) in [5.74, 6) is -1.26. The molecule has 0 aliphatic rings. The van der Waals surface area contributed by atoms with Crippen molar-refractivity contribution < 1.29 is 28.3 Å². The molecule has 46 heavy (non-hydrogen) atoms. The molecule has 0 unspecified atom stereocenters. The lowest BCUT2D eigenvalue weighted by Crippen LogP contribution is -2.52. The number of benzene rings is 2. The van der Waals surface area contributed by atoms with Gasteiger partial charge in [-0.15, -0.1) is 0 Å². The van der Waals surface area contributed by atoms with E-state index in [1.165, 1.54) is 11.8 Å². The van der Waals surface area contributed by atoms with Crippen LogP contribution in [0.4, 0.5) is 0 Å². The highest BCUT2D eigenvalue weighted by molar-refractivity contribution is 7.98. The third kappa shape index (κ3) is 8.20. The van der Waals surface area contributed by atoms with Crippen LogP contribution >= 0.6 is 11.8 Å². The number of aliphatic carboxylic acids is 1. The molecule has 9 nitrogen and oxygen atoms in total. The van der Waals surface area contributed by atoms with Crippen LogP contribution in [-0.2, 0) is 32.0 Å². The van der Waals surface area contributed by atoms with Gasteiger partial charge in [-0.25, -0.2) is 9.59 Å². The molecule has 0 aliphatic carbocycles. The topological polar surface area (TPSA) is 139 Å². The fourth-order valence-corrected chi connectivity index (χ4v) is 6.60. The van der Waals surface area contributed by atoms with Crippen molar-refractivity contribution in [3.63, 3.8) is 0 Å². The van der Waals surface area contributed by atoms with E-state index in [4.69, 9.17) is 8.83 Å². The van der Waals surface area contributed by atoms with E-state index in [1.54, 1.807) is 6.26 Å². The van der Waals surface area contributed by atoms with Gasteiger partial charge in [0.1, 0.15) is 23.2 Å². The Kier molecular flexibility index (Phi) is 11.0. The van der Waals surface area contributed by atoms with E-state index in [0.717, 1.165) is 33.0 Å². The number of hydrogen-bond acceptors (Lipinski definition) is 7. The second-order valence-electron chi connectivity index (χ2n) is 13.3. The minimum absolute atomic E-state index is 0.0472. The van der Waals surface area contributed by atoms with Crippen molar-refractivity contribution in [2.75, 3.05) is 5.75 Å². The Morgan fingerprint density at radius 3 is 2.28 bits per heavy atom. The molecule has 2 heterocycles. The van der Waals surface area contributed by atoms with Gasteiger partial charge in [0.25, 0.3) is 0 Å². The lowest BCUT2D eigenvalue weighted by molar-refractivity contribution is -0.141. The molecule has 0 saturated heterocycles. The molecular formula is C36H44N2O7S. The van der Waals surface area contributed by atoms with Gasteiger partial charge in [-0.2, -0.15) is 11.8 Å². The Hall–Kier alpha value is -4.05. The molecule has 2 aromatic carbocycles. The quantitative estimate of drug-likeness (QED) is 0.141.